The number of aliphatic hydroxyl groups is 1. The fourth-order valence-corrected chi connectivity index (χ4v) is 10.1. The van der Waals surface area contributed by atoms with E-state index in [9.17, 15) is 107 Å². The third-order valence-electron chi connectivity index (χ3n) is 15.9. The van der Waals surface area contributed by atoms with E-state index in [2.05, 4.69) is 97.7 Å². The zero-order valence-corrected chi connectivity index (χ0v) is 62.5. The number of thiol groups is 1. The lowest BCUT2D eigenvalue weighted by atomic mass is 10.0. The summed E-state index contributed by atoms with van der Waals surface area (Å²) in [6.07, 6.45) is -2.75. The van der Waals surface area contributed by atoms with Crippen LogP contribution in [0.15, 0.2) is 48.5 Å². The van der Waals surface area contributed by atoms with Gasteiger partial charge in [0.15, 0.2) is 11.9 Å². The van der Waals surface area contributed by atoms with E-state index in [-0.39, 0.29) is 81.4 Å². The second-order valence-corrected chi connectivity index (χ2v) is 26.1. The number of primary amides is 1. The van der Waals surface area contributed by atoms with Gasteiger partial charge in [-0.05, 0) is 101 Å². The number of aliphatic hydroxyl groups excluding tert-OH is 1. The predicted octanol–water partition coefficient (Wildman–Crippen LogP) is -9.73. The van der Waals surface area contributed by atoms with Crippen LogP contribution in [0.4, 0.5) is 0 Å². The monoisotopic (exact) mass is 1590 g/mol. The van der Waals surface area contributed by atoms with Gasteiger partial charge in [0.2, 0.25) is 88.6 Å². The van der Waals surface area contributed by atoms with Crippen LogP contribution in [0.25, 0.3) is 0 Å². The van der Waals surface area contributed by atoms with Crippen molar-refractivity contribution in [3.8, 4) is 11.5 Å². The standard InChI is InChI=1S/C66H102N22O22S/c1-31(2)22-39(67)57(103)85-43(23-35-10-14-37(90)15-11-35)61(107)83-40(8-6-20-73-65(69)70)58(104)79-33(4)55(101)77-28-49(93)78-32(3)54(100)76-26-48(92)75-27-50(94)81-45(25-52(97)98)63(109)88-47(30-111)64(110)84-41(9-7-21-74-66(71)72)59(105)80-34(5)56(102)82-42(18-19-51(95)96)60(106)86-44(24-36-12-16-38(91)17-13-36)62(108)87-46(29-89)53(68)99/h10-17,31-34,39-47,89-91,111H,6-9,18-30,67H2,1-5H3,(H2,68,99)(H,75,92)(H,76,100)(H,77,101)(H,78,93)(H,79,104)(H,80,105)(H,81,94)(H,82,102)(H,83,107)(H,84,110)(H,85,103)(H,86,106)(H,87,108)(H,88,109)(H,95,96)(H,97,98)(H4,69,70,73)(H4,71,72,74)/t32-,33-,34-,39-,40-,41-,42-,43-,44-,45-,46-,47-/m0/s1. The molecule has 0 aromatic heterocycles. The summed E-state index contributed by atoms with van der Waals surface area (Å²) in [5, 5.41) is 101. The summed E-state index contributed by atoms with van der Waals surface area (Å²) in [5.41, 5.74) is 23.0. The van der Waals surface area contributed by atoms with Crippen LogP contribution in [0.3, 0.4) is 0 Å². The molecule has 0 spiro atoms. The number of phenols is 2. The van der Waals surface area contributed by atoms with Gasteiger partial charge in [0.05, 0.1) is 38.7 Å². The second kappa shape index (κ2) is 49.0. The van der Waals surface area contributed by atoms with Crippen molar-refractivity contribution < 1.29 is 107 Å². The molecule has 31 N–H and O–H groups in total. The van der Waals surface area contributed by atoms with Gasteiger partial charge < -0.3 is 134 Å². The van der Waals surface area contributed by atoms with E-state index < -0.39 is 230 Å². The van der Waals surface area contributed by atoms with Crippen molar-refractivity contribution in [2.24, 2.45) is 28.9 Å². The Labute approximate surface area is 642 Å². The van der Waals surface area contributed by atoms with Crippen molar-refractivity contribution in [3.63, 3.8) is 0 Å². The van der Waals surface area contributed by atoms with Gasteiger partial charge in [0, 0.05) is 38.1 Å². The first-order valence-electron chi connectivity index (χ1n) is 34.7. The molecule has 2 aromatic carbocycles. The number of phenolic OH excluding ortho intramolecular Hbond substituents is 2. The van der Waals surface area contributed by atoms with Crippen molar-refractivity contribution in [1.29, 1.82) is 10.8 Å². The highest BCUT2D eigenvalue weighted by Crippen LogP contribution is 2.15. The maximum Gasteiger partial charge on any atom is 0.305 e. The second-order valence-electron chi connectivity index (χ2n) is 25.8. The van der Waals surface area contributed by atoms with E-state index in [0.717, 1.165) is 6.92 Å². The Bertz CT molecular complexity index is 3610. The molecule has 111 heavy (non-hydrogen) atoms. The number of aromatic hydroxyl groups is 2. The molecule has 2 rings (SSSR count). The van der Waals surface area contributed by atoms with Gasteiger partial charge in [-0.15, -0.1) is 0 Å². The number of guanidine groups is 2. The molecular formula is C66H102N22O22S. The lowest BCUT2D eigenvalue weighted by Gasteiger charge is -2.26. The van der Waals surface area contributed by atoms with E-state index in [0.29, 0.717) is 11.1 Å². The van der Waals surface area contributed by atoms with Crippen molar-refractivity contribution in [2.45, 2.75) is 171 Å². The van der Waals surface area contributed by atoms with Gasteiger partial charge in [-0.1, -0.05) is 38.1 Å². The first-order chi connectivity index (χ1) is 52.1. The number of rotatable bonds is 50. The van der Waals surface area contributed by atoms with Crippen LogP contribution >= 0.6 is 12.6 Å². The van der Waals surface area contributed by atoms with E-state index in [1.54, 1.807) is 0 Å². The summed E-state index contributed by atoms with van der Waals surface area (Å²) in [6.45, 7) is 3.91. The molecule has 12 atom stereocenters. The number of benzene rings is 2. The van der Waals surface area contributed by atoms with E-state index in [1.807, 2.05) is 13.8 Å². The van der Waals surface area contributed by atoms with Gasteiger partial charge in [-0.3, -0.25) is 92.3 Å². The molecular weight excluding hydrogens is 1480 g/mol. The van der Waals surface area contributed by atoms with Crippen molar-refractivity contribution in [2.75, 3.05) is 45.1 Å². The molecule has 0 heterocycles. The Kier molecular flexibility index (Phi) is 41.9. The van der Waals surface area contributed by atoms with Gasteiger partial charge in [0.25, 0.3) is 0 Å². The molecule has 0 unspecified atom stereocenters. The maximum absolute atomic E-state index is 13.9. The molecule has 0 aliphatic carbocycles. The Morgan fingerprint density at radius 1 is 0.405 bits per heavy atom. The molecule has 614 valence electrons. The van der Waals surface area contributed by atoms with Crippen molar-refractivity contribution in [3.05, 3.63) is 59.7 Å². The normalized spacial score (nSPS) is 14.1. The zero-order chi connectivity index (χ0) is 83.8. The summed E-state index contributed by atoms with van der Waals surface area (Å²) < 4.78 is 0. The number of hydrogen-bond acceptors (Lipinski definition) is 24. The molecule has 0 saturated heterocycles. The first kappa shape index (κ1) is 94.9. The number of amides is 15. The average Bonchev–Trinajstić information content (AvgIpc) is 0.865. The molecule has 0 fully saturated rings. The molecule has 44 nitrogen and oxygen atoms in total. The minimum Gasteiger partial charge on any atom is -0.508 e. The Balaban J connectivity index is 2.10. The van der Waals surface area contributed by atoms with Crippen LogP contribution in [0.2, 0.25) is 0 Å². The number of nitrogens with two attached hydrogens (primary N) is 4. The SMILES string of the molecule is CC(C)C[C@H](N)C(=O)N[C@@H](Cc1ccc(O)cc1)C(=O)N[C@@H](CCCNC(=N)N)C(=O)N[C@@H](C)C(=O)NCC(=O)N[C@@H](C)C(=O)NCC(=O)NCC(=O)N[C@@H](CC(=O)O)C(=O)N[C@@H](CS)C(=O)N[C@@H](CCCNC(=N)N)C(=O)N[C@@H](C)C(=O)N[C@@H](CCC(=O)O)C(=O)N[C@@H](Cc1ccc(O)cc1)C(=O)N[C@@H](CO)C(N)=O. The van der Waals surface area contributed by atoms with E-state index in [4.69, 9.17) is 33.8 Å². The number of carboxylic acid groups (broad SMARTS) is 2. The van der Waals surface area contributed by atoms with E-state index in [1.165, 1.54) is 62.4 Å². The quantitative estimate of drug-likeness (QED) is 0.0127. The molecule has 0 bridgehead atoms. The van der Waals surface area contributed by atoms with Crippen LogP contribution in [0, 0.1) is 16.7 Å². The maximum atomic E-state index is 13.9. The fourth-order valence-electron chi connectivity index (χ4n) is 9.87. The van der Waals surface area contributed by atoms with Gasteiger partial charge in [0.1, 0.15) is 78.0 Å². The molecule has 0 saturated carbocycles. The summed E-state index contributed by atoms with van der Waals surface area (Å²) in [7, 11) is 0. The zero-order valence-electron chi connectivity index (χ0n) is 61.6. The van der Waals surface area contributed by atoms with Crippen LogP contribution in [0.5, 0.6) is 11.5 Å². The van der Waals surface area contributed by atoms with Gasteiger partial charge in [-0.2, -0.15) is 12.6 Å². The van der Waals surface area contributed by atoms with Crippen LogP contribution in [-0.2, 0) is 94.3 Å². The third kappa shape index (κ3) is 38.0. The van der Waals surface area contributed by atoms with Crippen LogP contribution in [0.1, 0.15) is 97.1 Å². The minimum atomic E-state index is -1.95. The van der Waals surface area contributed by atoms with Gasteiger partial charge in [-0.25, -0.2) is 0 Å². The predicted molar refractivity (Wildman–Crippen MR) is 396 cm³/mol. The minimum absolute atomic E-state index is 0.0103. The molecule has 0 aliphatic heterocycles. The fraction of sp³-hybridized carbons (Fsp3) is 0.530. The largest absolute Gasteiger partial charge is 0.508 e. The third-order valence-corrected chi connectivity index (χ3v) is 16.2. The Morgan fingerprint density at radius 2 is 0.766 bits per heavy atom. The van der Waals surface area contributed by atoms with Crippen LogP contribution in [-0.4, -0.2) is 256 Å². The number of aliphatic carboxylic acids is 2. The smallest absolute Gasteiger partial charge is 0.305 e. The number of carbonyl (C=O) groups excluding carboxylic acids is 15. The lowest BCUT2D eigenvalue weighted by molar-refractivity contribution is -0.141. The average molecular weight is 1590 g/mol. The van der Waals surface area contributed by atoms with Crippen molar-refractivity contribution in [1.82, 2.24) is 85.1 Å². The van der Waals surface area contributed by atoms with Crippen LogP contribution < -0.4 is 108 Å². The highest BCUT2D eigenvalue weighted by Gasteiger charge is 2.36. The highest BCUT2D eigenvalue weighted by molar-refractivity contribution is 7.80. The number of hydrogen-bond donors (Lipinski definition) is 28. The molecule has 2 aromatic rings. The van der Waals surface area contributed by atoms with E-state index >= 15 is 0 Å². The summed E-state index contributed by atoms with van der Waals surface area (Å²) in [6, 6.07) is -6.99. The molecule has 45 heteroatoms. The Morgan fingerprint density at radius 3 is 1.20 bits per heavy atom. The summed E-state index contributed by atoms with van der Waals surface area (Å²) in [4.78, 5) is 223. The summed E-state index contributed by atoms with van der Waals surface area (Å²) >= 11 is 4.11. The number of nitrogens with one attached hydrogen (secondary N) is 18. The highest BCUT2D eigenvalue weighted by atomic mass is 32.1. The summed E-state index contributed by atoms with van der Waals surface area (Å²) in [5.74, 6) is -19.8. The first-order valence-corrected chi connectivity index (χ1v) is 35.3. The van der Waals surface area contributed by atoms with Crippen molar-refractivity contribution >= 4 is 125 Å². The number of carboxylic acids is 2. The van der Waals surface area contributed by atoms with Gasteiger partial charge >= 0.3 is 11.9 Å². The topological polar surface area (TPSA) is 736 Å². The molecule has 0 aliphatic rings. The molecule has 0 radical (unpaired) electrons. The Hall–Kier alpha value is -12.2. The molecule has 15 amide bonds. The lowest BCUT2D eigenvalue weighted by Crippen LogP contribution is -2.60. The number of carbonyl (C=O) groups is 17.